The van der Waals surface area contributed by atoms with E-state index < -0.39 is 0 Å². The average molecular weight is 272 g/mol. The van der Waals surface area contributed by atoms with Crippen LogP contribution in [0.3, 0.4) is 0 Å². The van der Waals surface area contributed by atoms with Gasteiger partial charge in [-0.15, -0.1) is 0 Å². The molecule has 2 aromatic rings. The molecule has 0 saturated heterocycles. The number of aromatic amines is 1. The number of fused-ring (bicyclic) bond motifs is 1. The molecule has 1 amide bonds. The number of nitrogens with one attached hydrogen (secondary N) is 2. The van der Waals surface area contributed by atoms with E-state index in [0.29, 0.717) is 17.3 Å². The molecule has 4 N–H and O–H groups in total. The van der Waals surface area contributed by atoms with E-state index in [9.17, 15) is 4.79 Å². The lowest BCUT2D eigenvalue weighted by atomic mass is 10.1. The lowest BCUT2D eigenvalue weighted by Gasteiger charge is -2.10. The van der Waals surface area contributed by atoms with Gasteiger partial charge in [0.1, 0.15) is 0 Å². The standard InChI is InChI=1S/C15H20N4O/c1-9-2-3-10(6-9)8-17-15(20)14-12-7-11(16)4-5-13(12)18-19-14/h4-5,7,9-10H,2-3,6,8,16H2,1H3,(H,17,20)(H,18,19). The Bertz CT molecular complexity index is 634. The molecule has 5 heteroatoms. The maximum absolute atomic E-state index is 12.2. The number of rotatable bonds is 3. The lowest BCUT2D eigenvalue weighted by molar-refractivity contribution is 0.0943. The molecule has 3 rings (SSSR count). The number of hydrogen-bond donors (Lipinski definition) is 3. The van der Waals surface area contributed by atoms with Gasteiger partial charge in [0.05, 0.1) is 5.52 Å². The predicted molar refractivity (Wildman–Crippen MR) is 79.3 cm³/mol. The predicted octanol–water partition coefficient (Wildman–Crippen LogP) is 2.31. The van der Waals surface area contributed by atoms with Crippen LogP contribution in [0.4, 0.5) is 5.69 Å². The maximum Gasteiger partial charge on any atom is 0.272 e. The molecule has 1 aliphatic carbocycles. The molecular weight excluding hydrogens is 252 g/mol. The molecule has 2 atom stereocenters. The summed E-state index contributed by atoms with van der Waals surface area (Å²) in [7, 11) is 0. The summed E-state index contributed by atoms with van der Waals surface area (Å²) in [6.45, 7) is 3.01. The van der Waals surface area contributed by atoms with Crippen molar-refractivity contribution in [3.8, 4) is 0 Å². The molecule has 0 radical (unpaired) electrons. The van der Waals surface area contributed by atoms with E-state index in [4.69, 9.17) is 5.73 Å². The van der Waals surface area contributed by atoms with Gasteiger partial charge in [0.25, 0.3) is 5.91 Å². The van der Waals surface area contributed by atoms with E-state index in [0.717, 1.165) is 23.4 Å². The second-order valence-electron chi connectivity index (χ2n) is 5.87. The third kappa shape index (κ3) is 2.48. The Hall–Kier alpha value is -2.04. The summed E-state index contributed by atoms with van der Waals surface area (Å²) in [6, 6.07) is 5.42. The van der Waals surface area contributed by atoms with Gasteiger partial charge in [-0.3, -0.25) is 9.89 Å². The number of H-pyrrole nitrogens is 1. The minimum atomic E-state index is -0.124. The van der Waals surface area contributed by atoms with Crippen LogP contribution in [-0.4, -0.2) is 22.6 Å². The van der Waals surface area contributed by atoms with Crippen molar-refractivity contribution in [3.63, 3.8) is 0 Å². The highest BCUT2D eigenvalue weighted by Gasteiger charge is 2.22. The van der Waals surface area contributed by atoms with Crippen LogP contribution >= 0.6 is 0 Å². The van der Waals surface area contributed by atoms with Crippen molar-refractivity contribution in [2.75, 3.05) is 12.3 Å². The molecule has 1 aromatic heterocycles. The number of nitrogens with zero attached hydrogens (tertiary/aromatic N) is 1. The summed E-state index contributed by atoms with van der Waals surface area (Å²) in [5.41, 5.74) is 7.67. The number of anilines is 1. The molecule has 1 aromatic carbocycles. The quantitative estimate of drug-likeness (QED) is 0.750. The van der Waals surface area contributed by atoms with E-state index >= 15 is 0 Å². The van der Waals surface area contributed by atoms with Crippen LogP contribution in [0.1, 0.15) is 36.7 Å². The molecule has 1 aliphatic rings. The first-order valence-corrected chi connectivity index (χ1v) is 7.15. The van der Waals surface area contributed by atoms with Crippen LogP contribution in [0.5, 0.6) is 0 Å². The molecule has 0 spiro atoms. The topological polar surface area (TPSA) is 83.8 Å². The Kier molecular flexibility index (Phi) is 3.34. The summed E-state index contributed by atoms with van der Waals surface area (Å²) in [5.74, 6) is 1.26. The summed E-state index contributed by atoms with van der Waals surface area (Å²) >= 11 is 0. The van der Waals surface area contributed by atoms with E-state index in [-0.39, 0.29) is 5.91 Å². The van der Waals surface area contributed by atoms with Gasteiger partial charge in [0.15, 0.2) is 5.69 Å². The average Bonchev–Trinajstić information content (AvgIpc) is 3.02. The molecule has 1 saturated carbocycles. The highest BCUT2D eigenvalue weighted by molar-refractivity contribution is 6.05. The van der Waals surface area contributed by atoms with Crippen molar-refractivity contribution in [3.05, 3.63) is 23.9 Å². The van der Waals surface area contributed by atoms with E-state index in [1.807, 2.05) is 6.07 Å². The zero-order chi connectivity index (χ0) is 14.1. The fraction of sp³-hybridized carbons (Fsp3) is 0.467. The normalized spacial score (nSPS) is 22.2. The van der Waals surface area contributed by atoms with E-state index in [1.54, 1.807) is 12.1 Å². The van der Waals surface area contributed by atoms with Crippen LogP contribution in [0.15, 0.2) is 18.2 Å². The molecule has 1 fully saturated rings. The number of nitrogen functional groups attached to an aromatic ring is 1. The van der Waals surface area contributed by atoms with E-state index in [2.05, 4.69) is 22.4 Å². The fourth-order valence-corrected chi connectivity index (χ4v) is 3.04. The van der Waals surface area contributed by atoms with Gasteiger partial charge in [-0.2, -0.15) is 5.10 Å². The molecule has 2 unspecified atom stereocenters. The number of aromatic nitrogens is 2. The monoisotopic (exact) mass is 272 g/mol. The molecule has 106 valence electrons. The number of benzene rings is 1. The van der Waals surface area contributed by atoms with Crippen molar-refractivity contribution in [2.45, 2.75) is 26.2 Å². The first kappa shape index (κ1) is 13.0. The van der Waals surface area contributed by atoms with Crippen LogP contribution in [0.2, 0.25) is 0 Å². The first-order chi connectivity index (χ1) is 9.63. The Balaban J connectivity index is 1.71. The number of nitrogens with two attached hydrogens (primary N) is 1. The summed E-state index contributed by atoms with van der Waals surface area (Å²) in [5, 5.41) is 10.7. The zero-order valence-electron chi connectivity index (χ0n) is 11.6. The van der Waals surface area contributed by atoms with Crippen molar-refractivity contribution in [1.29, 1.82) is 0 Å². The van der Waals surface area contributed by atoms with Crippen LogP contribution < -0.4 is 11.1 Å². The minimum absolute atomic E-state index is 0.124. The van der Waals surface area contributed by atoms with Gasteiger partial charge >= 0.3 is 0 Å². The van der Waals surface area contributed by atoms with Gasteiger partial charge in [-0.1, -0.05) is 13.3 Å². The molecule has 0 aliphatic heterocycles. The largest absolute Gasteiger partial charge is 0.399 e. The smallest absolute Gasteiger partial charge is 0.272 e. The van der Waals surface area contributed by atoms with Crippen molar-refractivity contribution >= 4 is 22.5 Å². The Morgan fingerprint density at radius 2 is 2.35 bits per heavy atom. The van der Waals surface area contributed by atoms with Crippen molar-refractivity contribution in [2.24, 2.45) is 11.8 Å². The lowest BCUT2D eigenvalue weighted by Crippen LogP contribution is -2.28. The second-order valence-corrected chi connectivity index (χ2v) is 5.87. The number of amides is 1. The molecule has 5 nitrogen and oxygen atoms in total. The maximum atomic E-state index is 12.2. The Morgan fingerprint density at radius 1 is 1.50 bits per heavy atom. The highest BCUT2D eigenvalue weighted by Crippen LogP contribution is 2.29. The third-order valence-electron chi connectivity index (χ3n) is 4.16. The zero-order valence-corrected chi connectivity index (χ0v) is 11.6. The van der Waals surface area contributed by atoms with E-state index in [1.165, 1.54) is 19.3 Å². The molecular formula is C15H20N4O. The fourth-order valence-electron chi connectivity index (χ4n) is 3.04. The Morgan fingerprint density at radius 3 is 3.10 bits per heavy atom. The van der Waals surface area contributed by atoms with Crippen molar-refractivity contribution < 1.29 is 4.79 Å². The van der Waals surface area contributed by atoms with Crippen LogP contribution in [0, 0.1) is 11.8 Å². The minimum Gasteiger partial charge on any atom is -0.399 e. The van der Waals surface area contributed by atoms with Crippen LogP contribution in [0.25, 0.3) is 10.9 Å². The number of carbonyl (C=O) groups excluding carboxylic acids is 1. The van der Waals surface area contributed by atoms with Crippen molar-refractivity contribution in [1.82, 2.24) is 15.5 Å². The van der Waals surface area contributed by atoms with Gasteiger partial charge in [-0.25, -0.2) is 0 Å². The Labute approximate surface area is 117 Å². The van der Waals surface area contributed by atoms with Gasteiger partial charge in [0.2, 0.25) is 0 Å². The van der Waals surface area contributed by atoms with Crippen LogP contribution in [-0.2, 0) is 0 Å². The SMILES string of the molecule is CC1CCC(CNC(=O)c2n[nH]c3ccc(N)cc23)C1. The second kappa shape index (κ2) is 5.15. The summed E-state index contributed by atoms with van der Waals surface area (Å²) in [6.07, 6.45) is 3.67. The summed E-state index contributed by atoms with van der Waals surface area (Å²) in [4.78, 5) is 12.2. The number of hydrogen-bond acceptors (Lipinski definition) is 3. The number of carbonyl (C=O) groups is 1. The van der Waals surface area contributed by atoms with Gasteiger partial charge in [-0.05, 0) is 42.9 Å². The molecule has 20 heavy (non-hydrogen) atoms. The van der Waals surface area contributed by atoms with Gasteiger partial charge in [0, 0.05) is 17.6 Å². The summed E-state index contributed by atoms with van der Waals surface area (Å²) < 4.78 is 0. The van der Waals surface area contributed by atoms with Gasteiger partial charge < -0.3 is 11.1 Å². The third-order valence-corrected chi connectivity index (χ3v) is 4.16. The first-order valence-electron chi connectivity index (χ1n) is 7.15. The molecule has 1 heterocycles. The molecule has 0 bridgehead atoms. The highest BCUT2D eigenvalue weighted by atomic mass is 16.1.